The van der Waals surface area contributed by atoms with E-state index in [1.54, 1.807) is 0 Å². The molecule has 16 heavy (non-hydrogen) atoms. The lowest BCUT2D eigenvalue weighted by atomic mass is 10.5. The maximum Gasteiger partial charge on any atom is 0.269 e. The predicted octanol–water partition coefficient (Wildman–Crippen LogP) is -1.46. The molecule has 0 aromatic carbocycles. The van der Waals surface area contributed by atoms with Gasteiger partial charge in [0.2, 0.25) is 0 Å². The number of hydrogen-bond donors (Lipinski definition) is 1. The molecule has 0 aliphatic carbocycles. The Balaban J connectivity index is 2.58. The number of imide groups is 1. The molecule has 0 aromatic heterocycles. The number of carbonyl (C=O) groups is 4. The minimum Gasteiger partial charge on any atom is -0.299 e. The molecule has 0 radical (unpaired) electrons. The minimum absolute atomic E-state index is 0.444. The molecule has 0 bridgehead atoms. The number of hydrogen-bond acceptors (Lipinski definition) is 5. The quantitative estimate of drug-likeness (QED) is 0.272. The fourth-order valence-corrected chi connectivity index (χ4v) is 0.931. The van der Waals surface area contributed by atoms with Crippen LogP contribution < -0.4 is 5.53 Å². The summed E-state index contributed by atoms with van der Waals surface area (Å²) in [5.74, 6) is -1.70. The summed E-state index contributed by atoms with van der Waals surface area (Å²) in [5, 5.41) is 1.58. The number of rotatable bonds is 4. The van der Waals surface area contributed by atoms with Crippen molar-refractivity contribution < 1.29 is 19.2 Å². The van der Waals surface area contributed by atoms with Crippen molar-refractivity contribution in [3.63, 3.8) is 0 Å². The molecule has 1 rings (SSSR count). The van der Waals surface area contributed by atoms with Gasteiger partial charge in [0.1, 0.15) is 6.29 Å². The van der Waals surface area contributed by atoms with Gasteiger partial charge in [-0.2, -0.15) is 5.01 Å². The van der Waals surface area contributed by atoms with E-state index in [9.17, 15) is 19.2 Å². The molecule has 84 valence electrons. The van der Waals surface area contributed by atoms with Crippen LogP contribution in [0.4, 0.5) is 0 Å². The molecule has 1 heterocycles. The number of amides is 3. The fraction of sp³-hybridized carbons (Fsp3) is 0.111. The van der Waals surface area contributed by atoms with E-state index in [0.29, 0.717) is 11.3 Å². The summed E-state index contributed by atoms with van der Waals surface area (Å²) in [5.41, 5.74) is 2.28. The van der Waals surface area contributed by atoms with Gasteiger partial charge in [-0.25, -0.2) is 0 Å². The first kappa shape index (κ1) is 11.8. The summed E-state index contributed by atoms with van der Waals surface area (Å²) in [7, 11) is 1.32. The minimum atomic E-state index is -0.570. The van der Waals surface area contributed by atoms with Crippen LogP contribution in [0.2, 0.25) is 0 Å². The van der Waals surface area contributed by atoms with Crippen LogP contribution in [0.1, 0.15) is 0 Å². The van der Waals surface area contributed by atoms with Crippen LogP contribution in [-0.4, -0.2) is 41.1 Å². The third-order valence-corrected chi connectivity index (χ3v) is 1.71. The maximum atomic E-state index is 11.3. The molecular formula is C9H9N3O4. The van der Waals surface area contributed by atoms with Crippen molar-refractivity contribution in [3.8, 4) is 0 Å². The number of aldehydes is 1. The molecule has 0 fully saturated rings. The Morgan fingerprint density at radius 2 is 1.94 bits per heavy atom. The lowest BCUT2D eigenvalue weighted by Gasteiger charge is -2.22. The molecule has 0 aromatic rings. The average molecular weight is 223 g/mol. The van der Waals surface area contributed by atoms with Gasteiger partial charge < -0.3 is 0 Å². The van der Waals surface area contributed by atoms with Crippen molar-refractivity contribution in [1.29, 1.82) is 0 Å². The second-order valence-corrected chi connectivity index (χ2v) is 2.84. The molecule has 0 atom stereocenters. The SMILES string of the molecule is CN(NN1C(=O)C=CC1=O)C(=O)/C=C\C=O. The molecule has 7 heteroatoms. The normalized spacial score (nSPS) is 14.9. The Morgan fingerprint density at radius 3 is 2.44 bits per heavy atom. The highest BCUT2D eigenvalue weighted by atomic mass is 16.2. The van der Waals surface area contributed by atoms with Gasteiger partial charge in [-0.1, -0.05) is 0 Å². The average Bonchev–Trinajstić information content (AvgIpc) is 2.57. The van der Waals surface area contributed by atoms with E-state index in [0.717, 1.165) is 29.3 Å². The first-order chi connectivity index (χ1) is 7.56. The third-order valence-electron chi connectivity index (χ3n) is 1.71. The van der Waals surface area contributed by atoms with Gasteiger partial charge >= 0.3 is 0 Å². The monoisotopic (exact) mass is 223 g/mol. The van der Waals surface area contributed by atoms with Crippen molar-refractivity contribution in [2.75, 3.05) is 7.05 Å². The molecule has 1 N–H and O–H groups in total. The number of likely N-dealkylation sites (N-methyl/N-ethyl adjacent to an activating group) is 1. The van der Waals surface area contributed by atoms with E-state index in [4.69, 9.17) is 0 Å². The van der Waals surface area contributed by atoms with Gasteiger partial charge in [0, 0.05) is 25.3 Å². The number of hydrazine groups is 2. The van der Waals surface area contributed by atoms with Crippen molar-refractivity contribution in [2.45, 2.75) is 0 Å². The number of nitrogens with one attached hydrogen (secondary N) is 1. The topological polar surface area (TPSA) is 86.8 Å². The van der Waals surface area contributed by atoms with Crippen LogP contribution in [0.3, 0.4) is 0 Å². The van der Waals surface area contributed by atoms with E-state index in [2.05, 4.69) is 5.53 Å². The molecular weight excluding hydrogens is 214 g/mol. The van der Waals surface area contributed by atoms with E-state index < -0.39 is 17.7 Å². The largest absolute Gasteiger partial charge is 0.299 e. The summed E-state index contributed by atoms with van der Waals surface area (Å²) in [4.78, 5) is 43.4. The lowest BCUT2D eigenvalue weighted by molar-refractivity contribution is -0.149. The highest BCUT2D eigenvalue weighted by Crippen LogP contribution is 2.00. The molecule has 1 aliphatic heterocycles. The summed E-state index contributed by atoms with van der Waals surface area (Å²) in [6, 6.07) is 0. The van der Waals surface area contributed by atoms with E-state index >= 15 is 0 Å². The van der Waals surface area contributed by atoms with Gasteiger partial charge in [0.25, 0.3) is 17.7 Å². The Labute approximate surface area is 90.9 Å². The second-order valence-electron chi connectivity index (χ2n) is 2.84. The first-order valence-corrected chi connectivity index (χ1v) is 4.28. The van der Waals surface area contributed by atoms with Gasteiger partial charge in [-0.05, 0) is 6.08 Å². The maximum absolute atomic E-state index is 11.3. The molecule has 0 unspecified atom stereocenters. The summed E-state index contributed by atoms with van der Waals surface area (Å²) < 4.78 is 0. The highest BCUT2D eigenvalue weighted by molar-refractivity contribution is 6.12. The van der Waals surface area contributed by atoms with Gasteiger partial charge in [-0.15, -0.1) is 5.53 Å². The second kappa shape index (κ2) is 4.99. The van der Waals surface area contributed by atoms with Gasteiger partial charge in [0.15, 0.2) is 0 Å². The zero-order valence-corrected chi connectivity index (χ0v) is 8.41. The summed E-state index contributed by atoms with van der Waals surface area (Å²) >= 11 is 0. The third kappa shape index (κ3) is 2.61. The van der Waals surface area contributed by atoms with Crippen LogP contribution in [0.5, 0.6) is 0 Å². The zero-order valence-electron chi connectivity index (χ0n) is 8.41. The Bertz CT molecular complexity index is 382. The van der Waals surface area contributed by atoms with Crippen LogP contribution in [-0.2, 0) is 19.2 Å². The van der Waals surface area contributed by atoms with E-state index in [-0.39, 0.29) is 0 Å². The van der Waals surface area contributed by atoms with Crippen molar-refractivity contribution in [3.05, 3.63) is 24.3 Å². The number of carbonyl (C=O) groups excluding carboxylic acids is 4. The Morgan fingerprint density at radius 1 is 1.38 bits per heavy atom. The standard InChI is InChI=1S/C9H9N3O4/c1-11(7(14)3-2-6-13)10-12-8(15)4-5-9(12)16/h2-6,10H,1H3/b3-2-. The Hall–Kier alpha value is -2.28. The number of nitrogens with zero attached hydrogens (tertiary/aromatic N) is 2. The molecule has 0 spiro atoms. The first-order valence-electron chi connectivity index (χ1n) is 4.28. The van der Waals surface area contributed by atoms with Crippen LogP contribution in [0, 0.1) is 0 Å². The van der Waals surface area contributed by atoms with Crippen LogP contribution >= 0.6 is 0 Å². The van der Waals surface area contributed by atoms with Gasteiger partial charge in [-0.3, -0.25) is 24.2 Å². The number of allylic oxidation sites excluding steroid dienone is 1. The van der Waals surface area contributed by atoms with E-state index in [1.807, 2.05) is 0 Å². The van der Waals surface area contributed by atoms with Crippen molar-refractivity contribution >= 4 is 24.0 Å². The molecule has 7 nitrogen and oxygen atoms in total. The zero-order chi connectivity index (χ0) is 12.1. The predicted molar refractivity (Wildman–Crippen MR) is 52.1 cm³/mol. The van der Waals surface area contributed by atoms with Crippen LogP contribution in [0.15, 0.2) is 24.3 Å². The Kier molecular flexibility index (Phi) is 3.67. The van der Waals surface area contributed by atoms with Crippen molar-refractivity contribution in [1.82, 2.24) is 15.6 Å². The summed E-state index contributed by atoms with van der Waals surface area (Å²) in [6.45, 7) is 0. The highest BCUT2D eigenvalue weighted by Gasteiger charge is 2.25. The molecule has 1 aliphatic rings. The molecule has 0 saturated heterocycles. The summed E-state index contributed by atoms with van der Waals surface area (Å²) in [6.07, 6.45) is 4.61. The van der Waals surface area contributed by atoms with Crippen LogP contribution in [0.25, 0.3) is 0 Å². The fourth-order valence-electron chi connectivity index (χ4n) is 0.931. The van der Waals surface area contributed by atoms with Crippen molar-refractivity contribution in [2.24, 2.45) is 0 Å². The molecule has 3 amide bonds. The van der Waals surface area contributed by atoms with Gasteiger partial charge in [0.05, 0.1) is 0 Å². The smallest absolute Gasteiger partial charge is 0.269 e. The van der Waals surface area contributed by atoms with E-state index in [1.165, 1.54) is 7.05 Å². The molecule has 0 saturated carbocycles. The lowest BCUT2D eigenvalue weighted by Crippen LogP contribution is -2.52.